The van der Waals surface area contributed by atoms with Crippen LogP contribution in [0.4, 0.5) is 0 Å². The van der Waals surface area contributed by atoms with Crippen LogP contribution in [0.3, 0.4) is 0 Å². The molecule has 0 spiro atoms. The normalized spacial score (nSPS) is 19.1. The van der Waals surface area contributed by atoms with Crippen molar-refractivity contribution in [3.63, 3.8) is 0 Å². The Hall–Kier alpha value is -1.06. The molecule has 16 heavy (non-hydrogen) atoms. The Kier molecular flexibility index (Phi) is 5.29. The monoisotopic (exact) mass is 227 g/mol. The standard InChI is InChI=1S/C12H21NO3/c1-2-10(8-11(14)15)13-12(16)9-6-4-3-5-7-9/h9-10H,2-8H2,1H3,(H,13,16)(H,14,15). The number of carboxylic acids is 1. The average Bonchev–Trinajstić information content (AvgIpc) is 2.28. The van der Waals surface area contributed by atoms with E-state index >= 15 is 0 Å². The molecule has 1 atom stereocenters. The zero-order chi connectivity index (χ0) is 12.0. The van der Waals surface area contributed by atoms with Crippen molar-refractivity contribution in [2.45, 2.75) is 57.9 Å². The second kappa shape index (κ2) is 6.51. The van der Waals surface area contributed by atoms with Crippen LogP contribution in [0.5, 0.6) is 0 Å². The topological polar surface area (TPSA) is 66.4 Å². The lowest BCUT2D eigenvalue weighted by atomic mass is 9.88. The van der Waals surface area contributed by atoms with Crippen LogP contribution in [0.2, 0.25) is 0 Å². The number of carboxylic acid groups (broad SMARTS) is 1. The summed E-state index contributed by atoms with van der Waals surface area (Å²) >= 11 is 0. The highest BCUT2D eigenvalue weighted by molar-refractivity contribution is 5.79. The SMILES string of the molecule is CCC(CC(=O)O)NC(=O)C1CCCCC1. The van der Waals surface area contributed by atoms with Gasteiger partial charge in [-0.2, -0.15) is 0 Å². The largest absolute Gasteiger partial charge is 0.481 e. The Morgan fingerprint density at radius 2 is 1.94 bits per heavy atom. The van der Waals surface area contributed by atoms with Gasteiger partial charge in [-0.1, -0.05) is 26.2 Å². The van der Waals surface area contributed by atoms with Gasteiger partial charge < -0.3 is 10.4 Å². The predicted molar refractivity (Wildman–Crippen MR) is 61.0 cm³/mol. The van der Waals surface area contributed by atoms with E-state index in [0.717, 1.165) is 25.7 Å². The van der Waals surface area contributed by atoms with Gasteiger partial charge in [0.15, 0.2) is 0 Å². The molecule has 0 aromatic heterocycles. The first-order valence-electron chi connectivity index (χ1n) is 6.15. The summed E-state index contributed by atoms with van der Waals surface area (Å²) in [5, 5.41) is 11.5. The summed E-state index contributed by atoms with van der Waals surface area (Å²) in [6.07, 6.45) is 6.06. The molecule has 0 heterocycles. The molecule has 1 saturated carbocycles. The minimum Gasteiger partial charge on any atom is -0.481 e. The molecule has 0 aliphatic heterocycles. The lowest BCUT2D eigenvalue weighted by Crippen LogP contribution is -2.40. The molecule has 0 aromatic rings. The van der Waals surface area contributed by atoms with Gasteiger partial charge in [0.2, 0.25) is 5.91 Å². The van der Waals surface area contributed by atoms with Gasteiger partial charge in [-0.05, 0) is 19.3 Å². The van der Waals surface area contributed by atoms with Crippen molar-refractivity contribution < 1.29 is 14.7 Å². The minimum atomic E-state index is -0.851. The number of carbonyl (C=O) groups is 2. The van der Waals surface area contributed by atoms with Gasteiger partial charge in [-0.25, -0.2) is 0 Å². The number of nitrogens with one attached hydrogen (secondary N) is 1. The summed E-state index contributed by atoms with van der Waals surface area (Å²) in [6.45, 7) is 1.90. The Balaban J connectivity index is 2.38. The van der Waals surface area contributed by atoms with Crippen molar-refractivity contribution >= 4 is 11.9 Å². The smallest absolute Gasteiger partial charge is 0.305 e. The van der Waals surface area contributed by atoms with E-state index in [0.29, 0.717) is 6.42 Å². The molecule has 1 unspecified atom stereocenters. The van der Waals surface area contributed by atoms with E-state index in [-0.39, 0.29) is 24.3 Å². The maximum absolute atomic E-state index is 11.8. The maximum atomic E-state index is 11.8. The Bertz CT molecular complexity index is 247. The van der Waals surface area contributed by atoms with E-state index in [1.807, 2.05) is 6.92 Å². The molecule has 1 amide bonds. The van der Waals surface area contributed by atoms with Crippen molar-refractivity contribution in [3.05, 3.63) is 0 Å². The summed E-state index contributed by atoms with van der Waals surface area (Å²) in [6, 6.07) is -0.216. The van der Waals surface area contributed by atoms with Crippen LogP contribution in [-0.4, -0.2) is 23.0 Å². The van der Waals surface area contributed by atoms with Crippen LogP contribution < -0.4 is 5.32 Å². The third-order valence-electron chi connectivity index (χ3n) is 3.24. The molecule has 4 nitrogen and oxygen atoms in total. The summed E-state index contributed by atoms with van der Waals surface area (Å²) in [5.74, 6) is -0.694. The number of hydrogen-bond acceptors (Lipinski definition) is 2. The molecule has 0 saturated heterocycles. The van der Waals surface area contributed by atoms with Gasteiger partial charge in [-0.15, -0.1) is 0 Å². The average molecular weight is 227 g/mol. The molecule has 1 rings (SSSR count). The van der Waals surface area contributed by atoms with E-state index in [1.54, 1.807) is 0 Å². The number of hydrogen-bond donors (Lipinski definition) is 2. The molecule has 0 aromatic carbocycles. The predicted octanol–water partition coefficient (Wildman–Crippen LogP) is 1.94. The Morgan fingerprint density at radius 3 is 2.44 bits per heavy atom. The third-order valence-corrected chi connectivity index (χ3v) is 3.24. The molecule has 0 bridgehead atoms. The van der Waals surface area contributed by atoms with E-state index in [9.17, 15) is 9.59 Å². The highest BCUT2D eigenvalue weighted by Crippen LogP contribution is 2.23. The van der Waals surface area contributed by atoms with Crippen LogP contribution in [0.1, 0.15) is 51.9 Å². The summed E-state index contributed by atoms with van der Waals surface area (Å²) in [5.41, 5.74) is 0. The van der Waals surface area contributed by atoms with Gasteiger partial charge in [0.05, 0.1) is 6.42 Å². The van der Waals surface area contributed by atoms with Crippen molar-refractivity contribution in [1.29, 1.82) is 0 Å². The fourth-order valence-corrected chi connectivity index (χ4v) is 2.19. The molecule has 1 aliphatic rings. The second-order valence-corrected chi connectivity index (χ2v) is 4.55. The van der Waals surface area contributed by atoms with Crippen LogP contribution >= 0.6 is 0 Å². The first-order chi connectivity index (χ1) is 7.63. The van der Waals surface area contributed by atoms with Crippen LogP contribution in [0, 0.1) is 5.92 Å². The number of carbonyl (C=O) groups excluding carboxylic acids is 1. The van der Waals surface area contributed by atoms with Crippen LogP contribution in [-0.2, 0) is 9.59 Å². The number of rotatable bonds is 5. The molecule has 0 radical (unpaired) electrons. The van der Waals surface area contributed by atoms with Gasteiger partial charge in [0, 0.05) is 12.0 Å². The molecule has 2 N–H and O–H groups in total. The summed E-state index contributed by atoms with van der Waals surface area (Å²) in [4.78, 5) is 22.4. The zero-order valence-corrected chi connectivity index (χ0v) is 9.87. The van der Waals surface area contributed by atoms with E-state index in [1.165, 1.54) is 6.42 Å². The van der Waals surface area contributed by atoms with Crippen molar-refractivity contribution in [3.8, 4) is 0 Å². The van der Waals surface area contributed by atoms with Crippen molar-refractivity contribution in [1.82, 2.24) is 5.32 Å². The van der Waals surface area contributed by atoms with E-state index < -0.39 is 5.97 Å². The molecular weight excluding hydrogens is 206 g/mol. The van der Waals surface area contributed by atoms with Gasteiger partial charge >= 0.3 is 5.97 Å². The third kappa shape index (κ3) is 4.21. The number of amides is 1. The van der Waals surface area contributed by atoms with Crippen LogP contribution in [0.25, 0.3) is 0 Å². The molecule has 4 heteroatoms. The van der Waals surface area contributed by atoms with Gasteiger partial charge in [0.1, 0.15) is 0 Å². The molecule has 1 aliphatic carbocycles. The summed E-state index contributed by atoms with van der Waals surface area (Å²) in [7, 11) is 0. The van der Waals surface area contributed by atoms with Gasteiger partial charge in [0.25, 0.3) is 0 Å². The lowest BCUT2D eigenvalue weighted by molar-refractivity contribution is -0.137. The quantitative estimate of drug-likeness (QED) is 0.754. The summed E-state index contributed by atoms with van der Waals surface area (Å²) < 4.78 is 0. The Labute approximate surface area is 96.4 Å². The second-order valence-electron chi connectivity index (χ2n) is 4.55. The first-order valence-corrected chi connectivity index (χ1v) is 6.15. The van der Waals surface area contributed by atoms with Crippen molar-refractivity contribution in [2.24, 2.45) is 5.92 Å². The fraction of sp³-hybridized carbons (Fsp3) is 0.833. The molecule has 92 valence electrons. The van der Waals surface area contributed by atoms with E-state index in [2.05, 4.69) is 5.32 Å². The first kappa shape index (κ1) is 13.0. The Morgan fingerprint density at radius 1 is 1.31 bits per heavy atom. The zero-order valence-electron chi connectivity index (χ0n) is 9.87. The highest BCUT2D eigenvalue weighted by Gasteiger charge is 2.23. The minimum absolute atomic E-state index is 0.0228. The lowest BCUT2D eigenvalue weighted by Gasteiger charge is -2.23. The maximum Gasteiger partial charge on any atom is 0.305 e. The van der Waals surface area contributed by atoms with Crippen LogP contribution in [0.15, 0.2) is 0 Å². The number of aliphatic carboxylic acids is 1. The van der Waals surface area contributed by atoms with Crippen molar-refractivity contribution in [2.75, 3.05) is 0 Å². The van der Waals surface area contributed by atoms with E-state index in [4.69, 9.17) is 5.11 Å². The van der Waals surface area contributed by atoms with Gasteiger partial charge in [-0.3, -0.25) is 9.59 Å². The molecule has 1 fully saturated rings. The fourth-order valence-electron chi connectivity index (χ4n) is 2.19. The highest BCUT2D eigenvalue weighted by atomic mass is 16.4. The molecular formula is C12H21NO3.